The van der Waals surface area contributed by atoms with Crippen LogP contribution in [0.1, 0.15) is 21.1 Å². The van der Waals surface area contributed by atoms with Gasteiger partial charge in [0.2, 0.25) is 0 Å². The number of amides is 1. The van der Waals surface area contributed by atoms with Crippen LogP contribution in [0, 0.1) is 6.92 Å². The zero-order chi connectivity index (χ0) is 19.5. The summed E-state index contributed by atoms with van der Waals surface area (Å²) in [6, 6.07) is 15.7. The fourth-order valence-corrected chi connectivity index (χ4v) is 4.41. The molecule has 0 radical (unpaired) electrons. The molecule has 1 amide bonds. The van der Waals surface area contributed by atoms with Crippen LogP contribution in [0.3, 0.4) is 0 Å². The molecule has 140 valence electrons. The van der Waals surface area contributed by atoms with Gasteiger partial charge in [-0.15, -0.1) is 23.1 Å². The Morgan fingerprint density at radius 2 is 2.04 bits per heavy atom. The number of nitrogens with zero attached hydrogens (tertiary/aromatic N) is 1. The highest BCUT2D eigenvalue weighted by Gasteiger charge is 2.13. The molecule has 0 aliphatic heterocycles. The number of carbonyl (C=O) groups excluding carboxylic acids is 1. The number of aromatic nitrogens is 1. The van der Waals surface area contributed by atoms with E-state index in [1.54, 1.807) is 47.4 Å². The second-order valence-corrected chi connectivity index (χ2v) is 8.18. The molecule has 2 heterocycles. The third kappa shape index (κ3) is 4.16. The smallest absolute Gasteiger partial charge is 0.336 e. The number of rotatable bonds is 5. The summed E-state index contributed by atoms with van der Waals surface area (Å²) in [4.78, 5) is 29.5. The molecule has 28 heavy (non-hydrogen) atoms. The lowest BCUT2D eigenvalue weighted by atomic mass is 10.2. The molecule has 4 rings (SSSR count). The van der Waals surface area contributed by atoms with Crippen molar-refractivity contribution in [2.45, 2.75) is 17.6 Å². The number of hydrogen-bond donors (Lipinski definition) is 1. The molecule has 0 unspecified atom stereocenters. The molecule has 0 spiro atoms. The van der Waals surface area contributed by atoms with Gasteiger partial charge in [-0.25, -0.2) is 9.78 Å². The van der Waals surface area contributed by atoms with Crippen LogP contribution < -0.4 is 10.9 Å². The third-order valence-corrected chi connectivity index (χ3v) is 5.98. The summed E-state index contributed by atoms with van der Waals surface area (Å²) in [6.07, 6.45) is 0. The number of thiazole rings is 1. The van der Waals surface area contributed by atoms with E-state index in [1.165, 1.54) is 6.07 Å². The van der Waals surface area contributed by atoms with Crippen LogP contribution in [0.2, 0.25) is 0 Å². The minimum absolute atomic E-state index is 0.186. The molecule has 2 aromatic heterocycles. The van der Waals surface area contributed by atoms with Crippen molar-refractivity contribution < 1.29 is 9.21 Å². The van der Waals surface area contributed by atoms with E-state index in [4.69, 9.17) is 4.42 Å². The molecule has 0 saturated carbocycles. The Balaban J connectivity index is 1.53. The van der Waals surface area contributed by atoms with Crippen molar-refractivity contribution in [1.82, 2.24) is 4.98 Å². The molecule has 0 fully saturated rings. The second-order valence-electron chi connectivity index (χ2n) is 6.10. The minimum atomic E-state index is -0.398. The van der Waals surface area contributed by atoms with Crippen LogP contribution in [-0.4, -0.2) is 10.9 Å². The molecule has 4 aromatic rings. The van der Waals surface area contributed by atoms with E-state index < -0.39 is 5.63 Å². The zero-order valence-corrected chi connectivity index (χ0v) is 16.6. The Morgan fingerprint density at radius 1 is 1.18 bits per heavy atom. The van der Waals surface area contributed by atoms with E-state index in [9.17, 15) is 9.59 Å². The van der Waals surface area contributed by atoms with Crippen molar-refractivity contribution in [3.05, 3.63) is 86.7 Å². The molecule has 0 aliphatic rings. The molecule has 7 heteroatoms. The highest BCUT2D eigenvalue weighted by Crippen LogP contribution is 2.28. The Labute approximate surface area is 169 Å². The summed E-state index contributed by atoms with van der Waals surface area (Å²) in [5.74, 6) is 0.526. The lowest BCUT2D eigenvalue weighted by Gasteiger charge is -2.10. The maximum Gasteiger partial charge on any atom is 0.336 e. The monoisotopic (exact) mass is 408 g/mol. The van der Waals surface area contributed by atoms with Crippen molar-refractivity contribution in [2.75, 3.05) is 5.32 Å². The summed E-state index contributed by atoms with van der Waals surface area (Å²) < 4.78 is 5.12. The standard InChI is InChI=1S/C21H16N2O3S2/c1-13-22-16(11-27-13)12-28-19-5-3-2-4-17(19)21(25)23-15-7-8-18-14(10-15)6-9-20(24)26-18/h2-11H,12H2,1H3,(H,23,25). The van der Waals surface area contributed by atoms with Crippen LogP contribution in [0.5, 0.6) is 0 Å². The van der Waals surface area contributed by atoms with E-state index in [1.807, 2.05) is 36.6 Å². The molecular weight excluding hydrogens is 392 g/mol. The first-order valence-corrected chi connectivity index (χ1v) is 10.4. The minimum Gasteiger partial charge on any atom is -0.423 e. The molecule has 5 nitrogen and oxygen atoms in total. The fourth-order valence-electron chi connectivity index (χ4n) is 2.75. The van der Waals surface area contributed by atoms with Gasteiger partial charge in [-0.1, -0.05) is 12.1 Å². The Kier molecular flexibility index (Phi) is 5.27. The third-order valence-electron chi connectivity index (χ3n) is 4.05. The van der Waals surface area contributed by atoms with E-state index in [-0.39, 0.29) is 5.91 Å². The van der Waals surface area contributed by atoms with Crippen LogP contribution in [0.25, 0.3) is 11.0 Å². The van der Waals surface area contributed by atoms with Gasteiger partial charge in [0.15, 0.2) is 0 Å². The SMILES string of the molecule is Cc1nc(CSc2ccccc2C(=O)Nc2ccc3oc(=O)ccc3c2)cs1. The van der Waals surface area contributed by atoms with Crippen molar-refractivity contribution in [3.8, 4) is 0 Å². The van der Waals surface area contributed by atoms with E-state index in [0.29, 0.717) is 22.6 Å². The second kappa shape index (κ2) is 8.00. The lowest BCUT2D eigenvalue weighted by Crippen LogP contribution is -2.13. The van der Waals surface area contributed by atoms with Gasteiger partial charge >= 0.3 is 5.63 Å². The number of fused-ring (bicyclic) bond motifs is 1. The summed E-state index contributed by atoms with van der Waals surface area (Å²) >= 11 is 3.21. The van der Waals surface area contributed by atoms with Gasteiger partial charge in [-0.2, -0.15) is 0 Å². The largest absolute Gasteiger partial charge is 0.423 e. The van der Waals surface area contributed by atoms with Crippen LogP contribution in [0.15, 0.2) is 74.1 Å². The van der Waals surface area contributed by atoms with Crippen molar-refractivity contribution in [1.29, 1.82) is 0 Å². The fraction of sp³-hybridized carbons (Fsp3) is 0.0952. The van der Waals surface area contributed by atoms with Gasteiger partial charge in [0.1, 0.15) is 5.58 Å². The normalized spacial score (nSPS) is 10.9. The lowest BCUT2D eigenvalue weighted by molar-refractivity contribution is 0.102. The first kappa shape index (κ1) is 18.5. The van der Waals surface area contributed by atoms with Crippen LogP contribution in [0.4, 0.5) is 5.69 Å². The average molecular weight is 409 g/mol. The van der Waals surface area contributed by atoms with E-state index in [0.717, 1.165) is 21.0 Å². The Bertz CT molecular complexity index is 1210. The summed E-state index contributed by atoms with van der Waals surface area (Å²) in [5, 5.41) is 6.75. The van der Waals surface area contributed by atoms with Crippen molar-refractivity contribution in [2.24, 2.45) is 0 Å². The number of thioether (sulfide) groups is 1. The topological polar surface area (TPSA) is 72.2 Å². The summed E-state index contributed by atoms with van der Waals surface area (Å²) in [5.41, 5.74) is 2.35. The Hall–Kier alpha value is -2.90. The van der Waals surface area contributed by atoms with Gasteiger partial charge in [0, 0.05) is 33.2 Å². The van der Waals surface area contributed by atoms with Gasteiger partial charge < -0.3 is 9.73 Å². The van der Waals surface area contributed by atoms with Gasteiger partial charge in [-0.05, 0) is 43.3 Å². The average Bonchev–Trinajstić information content (AvgIpc) is 3.12. The summed E-state index contributed by atoms with van der Waals surface area (Å²) in [6.45, 7) is 1.98. The number of hydrogen-bond acceptors (Lipinski definition) is 6. The number of benzene rings is 2. The van der Waals surface area contributed by atoms with E-state index in [2.05, 4.69) is 10.3 Å². The van der Waals surface area contributed by atoms with Crippen LogP contribution >= 0.6 is 23.1 Å². The highest BCUT2D eigenvalue weighted by molar-refractivity contribution is 7.98. The predicted octanol–water partition coefficient (Wildman–Crippen LogP) is 5.10. The van der Waals surface area contributed by atoms with Crippen LogP contribution in [-0.2, 0) is 5.75 Å². The van der Waals surface area contributed by atoms with Gasteiger partial charge in [0.25, 0.3) is 5.91 Å². The molecule has 2 aromatic carbocycles. The molecule has 0 atom stereocenters. The number of carbonyl (C=O) groups is 1. The van der Waals surface area contributed by atoms with Crippen molar-refractivity contribution in [3.63, 3.8) is 0 Å². The number of aryl methyl sites for hydroxylation is 1. The maximum atomic E-state index is 12.8. The molecule has 1 N–H and O–H groups in total. The van der Waals surface area contributed by atoms with Gasteiger partial charge in [0.05, 0.1) is 16.3 Å². The molecular formula is C21H16N2O3S2. The molecule has 0 saturated heterocycles. The first-order valence-electron chi connectivity index (χ1n) is 8.56. The number of nitrogens with one attached hydrogen (secondary N) is 1. The summed E-state index contributed by atoms with van der Waals surface area (Å²) in [7, 11) is 0. The Morgan fingerprint density at radius 3 is 2.86 bits per heavy atom. The maximum absolute atomic E-state index is 12.8. The number of anilines is 1. The molecule has 0 aliphatic carbocycles. The quantitative estimate of drug-likeness (QED) is 0.367. The highest BCUT2D eigenvalue weighted by atomic mass is 32.2. The zero-order valence-electron chi connectivity index (χ0n) is 15.0. The van der Waals surface area contributed by atoms with Gasteiger partial charge in [-0.3, -0.25) is 4.79 Å². The predicted molar refractivity (Wildman–Crippen MR) is 113 cm³/mol. The van der Waals surface area contributed by atoms with Crippen molar-refractivity contribution >= 4 is 45.7 Å². The first-order chi connectivity index (χ1) is 13.6. The van der Waals surface area contributed by atoms with E-state index >= 15 is 0 Å². The molecule has 0 bridgehead atoms.